The maximum Gasteiger partial charge on any atom is 0.208 e. The fourth-order valence-electron chi connectivity index (χ4n) is 1.08. The third-order valence-electron chi connectivity index (χ3n) is 1.83. The lowest BCUT2D eigenvalue weighted by Crippen LogP contribution is -2.22. The van der Waals surface area contributed by atoms with Crippen LogP contribution in [0.2, 0.25) is 0 Å². The smallest absolute Gasteiger partial charge is 0.208 e. The molecule has 1 rings (SSSR count). The summed E-state index contributed by atoms with van der Waals surface area (Å²) in [4.78, 5) is 5.39. The minimum atomic E-state index is -0.282. The van der Waals surface area contributed by atoms with E-state index in [9.17, 15) is 4.39 Å². The van der Waals surface area contributed by atoms with Crippen molar-refractivity contribution in [3.05, 3.63) is 30.1 Å². The molecule has 0 bridgehead atoms. The molecule has 78 valence electrons. The summed E-state index contributed by atoms with van der Waals surface area (Å²) in [6.45, 7) is 0. The molecule has 0 N–H and O–H groups in total. The van der Waals surface area contributed by atoms with Crippen molar-refractivity contribution >= 4 is 22.6 Å². The highest BCUT2D eigenvalue weighted by atomic mass is 32.2. The predicted molar refractivity (Wildman–Crippen MR) is 61.4 cm³/mol. The molecule has 0 saturated heterocycles. The number of aliphatic imine (C=N–C) groups is 1. The molecule has 0 aliphatic carbocycles. The highest BCUT2D eigenvalue weighted by Crippen LogP contribution is 2.16. The minimum Gasteiger partial charge on any atom is -0.323 e. The van der Waals surface area contributed by atoms with E-state index in [0.717, 1.165) is 5.69 Å². The van der Waals surface area contributed by atoms with E-state index < -0.39 is 0 Å². The average Bonchev–Trinajstić information content (AvgIpc) is 2.26. The van der Waals surface area contributed by atoms with E-state index in [1.807, 2.05) is 6.26 Å². The number of amidine groups is 1. The molecule has 0 aromatic heterocycles. The van der Waals surface area contributed by atoms with E-state index in [4.69, 9.17) is 5.26 Å². The zero-order valence-electron chi connectivity index (χ0n) is 8.44. The van der Waals surface area contributed by atoms with Crippen LogP contribution in [-0.4, -0.2) is 18.5 Å². The van der Waals surface area contributed by atoms with E-state index in [1.54, 1.807) is 30.3 Å². The Hall–Kier alpha value is -1.54. The first-order valence-electron chi connectivity index (χ1n) is 4.19. The van der Waals surface area contributed by atoms with Gasteiger partial charge in [-0.2, -0.15) is 5.26 Å². The molecule has 0 fully saturated rings. The number of benzene rings is 1. The lowest BCUT2D eigenvalue weighted by molar-refractivity contribution is 0.628. The van der Waals surface area contributed by atoms with Gasteiger partial charge in [-0.15, -0.1) is 4.99 Å². The number of rotatable bonds is 1. The largest absolute Gasteiger partial charge is 0.323 e. The number of halogens is 1. The first kappa shape index (κ1) is 11.5. The van der Waals surface area contributed by atoms with Gasteiger partial charge in [-0.1, -0.05) is 11.8 Å². The van der Waals surface area contributed by atoms with Crippen LogP contribution in [0.3, 0.4) is 0 Å². The van der Waals surface area contributed by atoms with Crippen LogP contribution < -0.4 is 4.90 Å². The molecule has 0 spiro atoms. The van der Waals surface area contributed by atoms with Crippen molar-refractivity contribution in [1.82, 2.24) is 0 Å². The summed E-state index contributed by atoms with van der Waals surface area (Å²) in [6.07, 6.45) is 3.56. The summed E-state index contributed by atoms with van der Waals surface area (Å²) in [5, 5.41) is 9.04. The first-order valence-corrected chi connectivity index (χ1v) is 5.41. The van der Waals surface area contributed by atoms with Gasteiger partial charge in [0.05, 0.1) is 0 Å². The van der Waals surface area contributed by atoms with Gasteiger partial charge < -0.3 is 4.90 Å². The number of hydrogen-bond donors (Lipinski definition) is 0. The Morgan fingerprint density at radius 3 is 2.53 bits per heavy atom. The molecular weight excluding hydrogens is 213 g/mol. The van der Waals surface area contributed by atoms with E-state index in [2.05, 4.69) is 4.99 Å². The Morgan fingerprint density at radius 1 is 1.47 bits per heavy atom. The molecule has 0 saturated carbocycles. The second kappa shape index (κ2) is 5.37. The molecule has 0 radical (unpaired) electrons. The van der Waals surface area contributed by atoms with Gasteiger partial charge in [0, 0.05) is 12.7 Å². The topological polar surface area (TPSA) is 39.4 Å². The summed E-state index contributed by atoms with van der Waals surface area (Å²) in [7, 11) is 1.78. The van der Waals surface area contributed by atoms with Gasteiger partial charge in [-0.05, 0) is 30.5 Å². The molecule has 0 aliphatic rings. The number of nitrogens with zero attached hydrogens (tertiary/aromatic N) is 3. The molecule has 0 amide bonds. The van der Waals surface area contributed by atoms with Crippen molar-refractivity contribution in [2.45, 2.75) is 0 Å². The van der Waals surface area contributed by atoms with Gasteiger partial charge in [-0.25, -0.2) is 4.39 Å². The molecule has 3 nitrogen and oxygen atoms in total. The summed E-state index contributed by atoms with van der Waals surface area (Å²) in [5.74, 6) is -0.282. The Balaban J connectivity index is 2.94. The Morgan fingerprint density at radius 2 is 2.07 bits per heavy atom. The van der Waals surface area contributed by atoms with E-state index >= 15 is 0 Å². The molecule has 0 heterocycles. The van der Waals surface area contributed by atoms with Gasteiger partial charge in [0.15, 0.2) is 5.17 Å². The molecule has 1 aromatic rings. The van der Waals surface area contributed by atoms with Crippen molar-refractivity contribution in [3.8, 4) is 6.19 Å². The van der Waals surface area contributed by atoms with Crippen LogP contribution >= 0.6 is 11.8 Å². The van der Waals surface area contributed by atoms with Crippen LogP contribution in [-0.2, 0) is 0 Å². The van der Waals surface area contributed by atoms with Gasteiger partial charge in [-0.3, -0.25) is 0 Å². The summed E-state index contributed by atoms with van der Waals surface area (Å²) in [5.41, 5.74) is 0.791. The standard InChI is InChI=1S/C10H10FN3S/c1-14(10(15-2)13-7-12)9-5-3-8(11)4-6-9/h3-6H,1-2H3. The predicted octanol–water partition coefficient (Wildman–Crippen LogP) is 2.46. The zero-order valence-corrected chi connectivity index (χ0v) is 9.25. The molecule has 0 atom stereocenters. The van der Waals surface area contributed by atoms with E-state index in [-0.39, 0.29) is 5.82 Å². The zero-order chi connectivity index (χ0) is 11.3. The van der Waals surface area contributed by atoms with Crippen molar-refractivity contribution < 1.29 is 4.39 Å². The molecule has 0 unspecified atom stereocenters. The highest BCUT2D eigenvalue weighted by molar-refractivity contribution is 8.13. The lowest BCUT2D eigenvalue weighted by atomic mass is 10.3. The van der Waals surface area contributed by atoms with Gasteiger partial charge in [0.2, 0.25) is 6.19 Å². The number of thioether (sulfide) groups is 1. The van der Waals surface area contributed by atoms with Crippen molar-refractivity contribution in [2.75, 3.05) is 18.2 Å². The van der Waals surface area contributed by atoms with Gasteiger partial charge in [0.25, 0.3) is 0 Å². The highest BCUT2D eigenvalue weighted by Gasteiger charge is 2.07. The monoisotopic (exact) mass is 223 g/mol. The second-order valence-corrected chi connectivity index (χ2v) is 3.51. The first-order chi connectivity index (χ1) is 7.19. The van der Waals surface area contributed by atoms with Gasteiger partial charge in [0.1, 0.15) is 5.82 Å². The van der Waals surface area contributed by atoms with Crippen molar-refractivity contribution in [2.24, 2.45) is 4.99 Å². The quantitative estimate of drug-likeness (QED) is 0.417. The van der Waals surface area contributed by atoms with Crippen LogP contribution in [0, 0.1) is 17.3 Å². The number of nitriles is 1. The third kappa shape index (κ3) is 2.96. The van der Waals surface area contributed by atoms with Crippen LogP contribution in [0.4, 0.5) is 10.1 Å². The molecular formula is C10H10FN3S. The Labute approximate surface area is 92.2 Å². The molecule has 1 aromatic carbocycles. The summed E-state index contributed by atoms with van der Waals surface area (Å²) >= 11 is 1.36. The number of hydrogen-bond acceptors (Lipinski definition) is 3. The Bertz CT molecular complexity index is 394. The fraction of sp³-hybridized carbons (Fsp3) is 0.200. The lowest BCUT2D eigenvalue weighted by Gasteiger charge is -2.18. The number of anilines is 1. The van der Waals surface area contributed by atoms with Gasteiger partial charge >= 0.3 is 0 Å². The summed E-state index contributed by atoms with van der Waals surface area (Å²) < 4.78 is 12.7. The second-order valence-electron chi connectivity index (χ2n) is 2.73. The fourth-order valence-corrected chi connectivity index (χ4v) is 1.59. The Kier molecular flexibility index (Phi) is 4.13. The van der Waals surface area contributed by atoms with E-state index in [0.29, 0.717) is 5.17 Å². The normalized spacial score (nSPS) is 10.9. The van der Waals surface area contributed by atoms with Crippen molar-refractivity contribution in [3.63, 3.8) is 0 Å². The van der Waals surface area contributed by atoms with Crippen LogP contribution in [0.5, 0.6) is 0 Å². The van der Waals surface area contributed by atoms with Crippen LogP contribution in [0.15, 0.2) is 29.3 Å². The average molecular weight is 223 g/mol. The van der Waals surface area contributed by atoms with E-state index in [1.165, 1.54) is 23.9 Å². The third-order valence-corrected chi connectivity index (χ3v) is 2.56. The van der Waals surface area contributed by atoms with Crippen LogP contribution in [0.25, 0.3) is 0 Å². The SMILES string of the molecule is CSC(=NC#N)N(C)c1ccc(F)cc1. The molecule has 5 heteroatoms. The maximum atomic E-state index is 12.7. The molecule has 15 heavy (non-hydrogen) atoms. The van der Waals surface area contributed by atoms with Crippen LogP contribution in [0.1, 0.15) is 0 Å². The minimum absolute atomic E-state index is 0.282. The summed E-state index contributed by atoms with van der Waals surface area (Å²) in [6, 6.07) is 6.02. The maximum absolute atomic E-state index is 12.7. The molecule has 0 aliphatic heterocycles. The van der Waals surface area contributed by atoms with Crippen molar-refractivity contribution in [1.29, 1.82) is 5.26 Å².